The van der Waals surface area contributed by atoms with Gasteiger partial charge in [0.05, 0.1) is 24.4 Å². The molecule has 2 fully saturated rings. The minimum Gasteiger partial charge on any atom is -0.378 e. The third-order valence-corrected chi connectivity index (χ3v) is 5.33. The van der Waals surface area contributed by atoms with Crippen LogP contribution in [0.1, 0.15) is 56.0 Å². The molecule has 144 valence electrons. The van der Waals surface area contributed by atoms with Gasteiger partial charge in [0.2, 0.25) is 5.91 Å². The van der Waals surface area contributed by atoms with E-state index in [1.165, 1.54) is 0 Å². The zero-order chi connectivity index (χ0) is 18.6. The first kappa shape index (κ1) is 18.0. The number of rotatable bonds is 4. The van der Waals surface area contributed by atoms with Gasteiger partial charge in [-0.3, -0.25) is 9.78 Å². The molecule has 1 amide bonds. The smallest absolute Gasteiger partial charge is 0.278 e. The number of likely N-dealkylation sites (tertiary alicyclic amines) is 1. The van der Waals surface area contributed by atoms with Gasteiger partial charge in [0.1, 0.15) is 5.69 Å². The fourth-order valence-corrected chi connectivity index (χ4v) is 3.69. The van der Waals surface area contributed by atoms with Gasteiger partial charge in [-0.2, -0.15) is 4.98 Å². The first-order valence-corrected chi connectivity index (χ1v) is 9.71. The number of ether oxygens (including phenoxy) is 1. The van der Waals surface area contributed by atoms with E-state index in [4.69, 9.17) is 9.26 Å². The molecule has 8 heteroatoms. The van der Waals surface area contributed by atoms with Gasteiger partial charge in [0.15, 0.2) is 5.82 Å². The lowest BCUT2D eigenvalue weighted by atomic mass is 9.95. The number of hydrogen-bond donors (Lipinski definition) is 0. The van der Waals surface area contributed by atoms with Crippen molar-refractivity contribution in [2.75, 3.05) is 19.7 Å². The minimum atomic E-state index is 0.0966. The van der Waals surface area contributed by atoms with Gasteiger partial charge in [-0.05, 0) is 39.0 Å². The summed E-state index contributed by atoms with van der Waals surface area (Å²) in [6.45, 7) is 4.12. The summed E-state index contributed by atoms with van der Waals surface area (Å²) < 4.78 is 11.0. The van der Waals surface area contributed by atoms with Crippen LogP contribution in [-0.2, 0) is 9.53 Å². The molecule has 1 atom stereocenters. The molecule has 0 radical (unpaired) electrons. The van der Waals surface area contributed by atoms with Crippen LogP contribution in [0.15, 0.2) is 16.9 Å². The fraction of sp³-hybridized carbons (Fsp3) is 0.632. The van der Waals surface area contributed by atoms with Crippen LogP contribution in [0, 0.1) is 6.92 Å². The molecule has 0 aliphatic carbocycles. The number of amides is 1. The SMILES string of the molecule is Cc1cnc(-c2nc(C3CCN(C(=O)CC4CCCCO4)CC3)no2)cn1. The second-order valence-corrected chi connectivity index (χ2v) is 7.35. The van der Waals surface area contributed by atoms with Crippen molar-refractivity contribution in [2.24, 2.45) is 0 Å². The number of nitrogens with zero attached hydrogens (tertiary/aromatic N) is 5. The molecule has 27 heavy (non-hydrogen) atoms. The fourth-order valence-electron chi connectivity index (χ4n) is 3.69. The average Bonchev–Trinajstić information content (AvgIpc) is 3.20. The zero-order valence-electron chi connectivity index (χ0n) is 15.6. The number of aromatic nitrogens is 4. The Labute approximate surface area is 158 Å². The van der Waals surface area contributed by atoms with Crippen molar-refractivity contribution in [1.29, 1.82) is 0 Å². The van der Waals surface area contributed by atoms with Crippen LogP contribution in [-0.4, -0.2) is 56.7 Å². The summed E-state index contributed by atoms with van der Waals surface area (Å²) in [5, 5.41) is 4.12. The second kappa shape index (κ2) is 8.12. The average molecular weight is 371 g/mol. The first-order chi connectivity index (χ1) is 13.2. The predicted molar refractivity (Wildman–Crippen MR) is 96.8 cm³/mol. The van der Waals surface area contributed by atoms with Crippen molar-refractivity contribution >= 4 is 5.91 Å². The maximum atomic E-state index is 12.5. The van der Waals surface area contributed by atoms with Crippen LogP contribution in [0.2, 0.25) is 0 Å². The molecule has 0 aromatic carbocycles. The summed E-state index contributed by atoms with van der Waals surface area (Å²) in [5.74, 6) is 1.49. The Kier molecular flexibility index (Phi) is 5.42. The maximum absolute atomic E-state index is 12.5. The van der Waals surface area contributed by atoms with E-state index in [9.17, 15) is 4.79 Å². The van der Waals surface area contributed by atoms with E-state index >= 15 is 0 Å². The number of aryl methyl sites for hydroxylation is 1. The van der Waals surface area contributed by atoms with Crippen molar-refractivity contribution in [1.82, 2.24) is 25.0 Å². The van der Waals surface area contributed by atoms with E-state index in [2.05, 4.69) is 20.1 Å². The molecular formula is C19H25N5O3. The Balaban J connectivity index is 1.31. The molecule has 2 aliphatic heterocycles. The lowest BCUT2D eigenvalue weighted by molar-refractivity contribution is -0.136. The normalized spacial score (nSPS) is 21.4. The molecule has 0 spiro atoms. The Morgan fingerprint density at radius 1 is 1.19 bits per heavy atom. The number of hydrogen-bond acceptors (Lipinski definition) is 7. The Morgan fingerprint density at radius 3 is 2.74 bits per heavy atom. The quantitative estimate of drug-likeness (QED) is 0.815. The zero-order valence-corrected chi connectivity index (χ0v) is 15.6. The molecule has 0 bridgehead atoms. The van der Waals surface area contributed by atoms with E-state index < -0.39 is 0 Å². The monoisotopic (exact) mass is 371 g/mol. The molecule has 2 aromatic heterocycles. The molecule has 2 aliphatic rings. The van der Waals surface area contributed by atoms with Gasteiger partial charge in [0.25, 0.3) is 5.89 Å². The van der Waals surface area contributed by atoms with Crippen molar-refractivity contribution in [3.8, 4) is 11.6 Å². The highest BCUT2D eigenvalue weighted by Gasteiger charge is 2.29. The number of carbonyl (C=O) groups is 1. The van der Waals surface area contributed by atoms with Crippen LogP contribution < -0.4 is 0 Å². The van der Waals surface area contributed by atoms with E-state index in [1.807, 2.05) is 11.8 Å². The third-order valence-electron chi connectivity index (χ3n) is 5.33. The highest BCUT2D eigenvalue weighted by molar-refractivity contribution is 5.76. The molecular weight excluding hydrogens is 346 g/mol. The summed E-state index contributed by atoms with van der Waals surface area (Å²) in [6, 6.07) is 0. The van der Waals surface area contributed by atoms with Crippen LogP contribution >= 0.6 is 0 Å². The molecule has 8 nitrogen and oxygen atoms in total. The largest absolute Gasteiger partial charge is 0.378 e. The van der Waals surface area contributed by atoms with Crippen LogP contribution in [0.3, 0.4) is 0 Å². The second-order valence-electron chi connectivity index (χ2n) is 7.35. The summed E-state index contributed by atoms with van der Waals surface area (Å²) in [6.07, 6.45) is 8.87. The summed E-state index contributed by atoms with van der Waals surface area (Å²) in [7, 11) is 0. The predicted octanol–water partition coefficient (Wildman–Crippen LogP) is 2.50. The Morgan fingerprint density at radius 2 is 2.04 bits per heavy atom. The van der Waals surface area contributed by atoms with E-state index in [0.717, 1.165) is 57.5 Å². The van der Waals surface area contributed by atoms with Crippen molar-refractivity contribution < 1.29 is 14.1 Å². The minimum absolute atomic E-state index is 0.0966. The Hall–Kier alpha value is -2.35. The molecule has 4 rings (SSSR count). The molecule has 0 saturated carbocycles. The van der Waals surface area contributed by atoms with Crippen molar-refractivity contribution in [2.45, 2.75) is 57.5 Å². The summed E-state index contributed by atoms with van der Waals surface area (Å²) >= 11 is 0. The van der Waals surface area contributed by atoms with Gasteiger partial charge >= 0.3 is 0 Å². The maximum Gasteiger partial charge on any atom is 0.278 e. The first-order valence-electron chi connectivity index (χ1n) is 9.71. The van der Waals surface area contributed by atoms with Crippen LogP contribution in [0.4, 0.5) is 0 Å². The van der Waals surface area contributed by atoms with Crippen molar-refractivity contribution in [3.05, 3.63) is 23.9 Å². The van der Waals surface area contributed by atoms with Crippen LogP contribution in [0.5, 0.6) is 0 Å². The van der Waals surface area contributed by atoms with Gasteiger partial charge in [-0.25, -0.2) is 4.98 Å². The molecule has 4 heterocycles. The lowest BCUT2D eigenvalue weighted by Crippen LogP contribution is -2.40. The van der Waals surface area contributed by atoms with E-state index in [-0.39, 0.29) is 17.9 Å². The third kappa shape index (κ3) is 4.32. The molecule has 1 unspecified atom stereocenters. The van der Waals surface area contributed by atoms with Crippen LogP contribution in [0.25, 0.3) is 11.6 Å². The Bertz CT molecular complexity index is 762. The van der Waals surface area contributed by atoms with Gasteiger partial charge in [-0.1, -0.05) is 5.16 Å². The number of carbonyl (C=O) groups excluding carboxylic acids is 1. The molecule has 2 aromatic rings. The summed E-state index contributed by atoms with van der Waals surface area (Å²) in [4.78, 5) is 27.4. The molecule has 0 N–H and O–H groups in total. The highest BCUT2D eigenvalue weighted by Crippen LogP contribution is 2.28. The van der Waals surface area contributed by atoms with Gasteiger partial charge in [-0.15, -0.1) is 0 Å². The van der Waals surface area contributed by atoms with Gasteiger partial charge < -0.3 is 14.2 Å². The highest BCUT2D eigenvalue weighted by atomic mass is 16.5. The number of piperidine rings is 1. The van der Waals surface area contributed by atoms with E-state index in [0.29, 0.717) is 23.8 Å². The summed E-state index contributed by atoms with van der Waals surface area (Å²) in [5.41, 5.74) is 1.42. The molecule has 2 saturated heterocycles. The van der Waals surface area contributed by atoms with E-state index in [1.54, 1.807) is 12.4 Å². The topological polar surface area (TPSA) is 94.2 Å². The van der Waals surface area contributed by atoms with Gasteiger partial charge in [0, 0.05) is 31.8 Å². The van der Waals surface area contributed by atoms with Crippen molar-refractivity contribution in [3.63, 3.8) is 0 Å². The lowest BCUT2D eigenvalue weighted by Gasteiger charge is -2.32. The standard InChI is InChI=1S/C19H25N5O3/c1-13-11-21-16(12-20-13)19-22-18(23-27-19)14-5-7-24(8-6-14)17(25)10-15-4-2-3-9-26-15/h11-12,14-15H,2-10H2,1H3.